The van der Waals surface area contributed by atoms with Gasteiger partial charge in [-0.25, -0.2) is 4.98 Å². The van der Waals surface area contributed by atoms with Crippen molar-refractivity contribution in [1.29, 1.82) is 0 Å². The van der Waals surface area contributed by atoms with Crippen LogP contribution in [0.4, 0.5) is 5.82 Å². The van der Waals surface area contributed by atoms with E-state index in [1.807, 2.05) is 30.0 Å². The average molecular weight is 323 g/mol. The van der Waals surface area contributed by atoms with Crippen molar-refractivity contribution < 1.29 is 4.79 Å². The molecule has 1 unspecified atom stereocenters. The number of hydrogen-bond donors (Lipinski definition) is 0. The molecular weight excluding hydrogens is 298 g/mol. The van der Waals surface area contributed by atoms with Crippen molar-refractivity contribution in [2.75, 3.05) is 18.0 Å². The number of aromatic nitrogens is 1. The van der Waals surface area contributed by atoms with Crippen LogP contribution in [0.2, 0.25) is 0 Å². The molecule has 0 radical (unpaired) electrons. The number of anilines is 1. The molecule has 24 heavy (non-hydrogen) atoms. The number of carbonyl (C=O) groups is 1. The first kappa shape index (κ1) is 16.7. The fraction of sp³-hybridized carbons (Fsp3) is 0.400. The Labute approximate surface area is 144 Å². The molecule has 0 fully saturated rings. The highest BCUT2D eigenvalue weighted by Gasteiger charge is 2.25. The summed E-state index contributed by atoms with van der Waals surface area (Å²) in [6, 6.07) is 14.5. The van der Waals surface area contributed by atoms with E-state index in [1.54, 1.807) is 6.20 Å². The molecule has 1 aromatic carbocycles. The third kappa shape index (κ3) is 3.65. The molecule has 1 atom stereocenters. The van der Waals surface area contributed by atoms with Crippen LogP contribution >= 0.6 is 0 Å². The van der Waals surface area contributed by atoms with Gasteiger partial charge in [-0.15, -0.1) is 0 Å². The van der Waals surface area contributed by atoms with Gasteiger partial charge in [0.1, 0.15) is 5.82 Å². The van der Waals surface area contributed by atoms with E-state index in [4.69, 9.17) is 0 Å². The Morgan fingerprint density at radius 1 is 1.21 bits per heavy atom. The van der Waals surface area contributed by atoms with E-state index in [0.717, 1.165) is 31.9 Å². The Hall–Kier alpha value is -2.20. The number of fused-ring (bicyclic) bond motifs is 1. The topological polar surface area (TPSA) is 36.4 Å². The van der Waals surface area contributed by atoms with Crippen LogP contribution < -0.4 is 4.90 Å². The predicted molar refractivity (Wildman–Crippen MR) is 96.9 cm³/mol. The lowest BCUT2D eigenvalue weighted by Crippen LogP contribution is -2.47. The normalized spacial score (nSPS) is 15.6. The highest BCUT2D eigenvalue weighted by molar-refractivity contribution is 5.92. The van der Waals surface area contributed by atoms with E-state index in [-0.39, 0.29) is 11.9 Å². The van der Waals surface area contributed by atoms with Crippen molar-refractivity contribution >= 4 is 11.7 Å². The molecule has 4 heteroatoms. The molecule has 0 spiro atoms. The SMILES string of the molecule is CCC(=O)N(c1ccccn1)C(C)CN1CCc2ccccc2C1. The van der Waals surface area contributed by atoms with Crippen LogP contribution in [0.1, 0.15) is 31.4 Å². The van der Waals surface area contributed by atoms with Gasteiger partial charge in [0.15, 0.2) is 0 Å². The van der Waals surface area contributed by atoms with Gasteiger partial charge < -0.3 is 0 Å². The van der Waals surface area contributed by atoms with Crippen molar-refractivity contribution in [1.82, 2.24) is 9.88 Å². The fourth-order valence-corrected chi connectivity index (χ4v) is 3.43. The summed E-state index contributed by atoms with van der Waals surface area (Å²) < 4.78 is 0. The maximum Gasteiger partial charge on any atom is 0.228 e. The second-order valence-electron chi connectivity index (χ2n) is 6.41. The molecule has 3 rings (SSSR count). The van der Waals surface area contributed by atoms with Gasteiger partial charge >= 0.3 is 0 Å². The zero-order valence-corrected chi connectivity index (χ0v) is 14.5. The number of hydrogen-bond acceptors (Lipinski definition) is 3. The van der Waals surface area contributed by atoms with Gasteiger partial charge in [0.25, 0.3) is 0 Å². The molecule has 0 saturated carbocycles. The summed E-state index contributed by atoms with van der Waals surface area (Å²) in [6.45, 7) is 6.87. The first-order valence-electron chi connectivity index (χ1n) is 8.71. The largest absolute Gasteiger partial charge is 0.297 e. The highest BCUT2D eigenvalue weighted by atomic mass is 16.2. The van der Waals surface area contributed by atoms with Crippen LogP contribution in [0.25, 0.3) is 0 Å². The lowest BCUT2D eigenvalue weighted by molar-refractivity contribution is -0.118. The molecule has 2 heterocycles. The molecule has 1 amide bonds. The predicted octanol–water partition coefficient (Wildman–Crippen LogP) is 3.27. The molecule has 126 valence electrons. The molecule has 4 nitrogen and oxygen atoms in total. The van der Waals surface area contributed by atoms with Crippen LogP contribution in [0, 0.1) is 0 Å². The first-order chi connectivity index (χ1) is 11.7. The fourth-order valence-electron chi connectivity index (χ4n) is 3.43. The highest BCUT2D eigenvalue weighted by Crippen LogP contribution is 2.21. The summed E-state index contributed by atoms with van der Waals surface area (Å²) in [4.78, 5) is 21.1. The van der Waals surface area contributed by atoms with Crippen molar-refractivity contribution in [2.24, 2.45) is 0 Å². The molecule has 0 bridgehead atoms. The zero-order chi connectivity index (χ0) is 16.9. The number of benzene rings is 1. The van der Waals surface area contributed by atoms with Crippen molar-refractivity contribution in [2.45, 2.75) is 39.3 Å². The number of carbonyl (C=O) groups excluding carboxylic acids is 1. The average Bonchev–Trinajstić information content (AvgIpc) is 2.62. The monoisotopic (exact) mass is 323 g/mol. The van der Waals surface area contributed by atoms with Gasteiger partial charge in [-0.3, -0.25) is 14.6 Å². The van der Waals surface area contributed by atoms with Crippen LogP contribution in [0.5, 0.6) is 0 Å². The van der Waals surface area contributed by atoms with Crippen molar-refractivity contribution in [3.8, 4) is 0 Å². The summed E-state index contributed by atoms with van der Waals surface area (Å²) in [5.74, 6) is 0.868. The standard InChI is InChI=1S/C20H25N3O/c1-3-20(24)23(19-10-6-7-12-21-19)16(2)14-22-13-11-17-8-4-5-9-18(17)15-22/h4-10,12,16H,3,11,13-15H2,1-2H3. The summed E-state index contributed by atoms with van der Waals surface area (Å²) in [6.07, 6.45) is 3.31. The van der Waals surface area contributed by atoms with Crippen LogP contribution in [0.3, 0.4) is 0 Å². The van der Waals surface area contributed by atoms with Gasteiger partial charge in [-0.1, -0.05) is 37.3 Å². The zero-order valence-electron chi connectivity index (χ0n) is 14.5. The van der Waals surface area contributed by atoms with Gasteiger partial charge in [0, 0.05) is 38.3 Å². The van der Waals surface area contributed by atoms with E-state index in [9.17, 15) is 4.79 Å². The Morgan fingerprint density at radius 2 is 1.96 bits per heavy atom. The Morgan fingerprint density at radius 3 is 2.67 bits per heavy atom. The molecular formula is C20H25N3O. The Kier molecular flexibility index (Phi) is 5.26. The van der Waals surface area contributed by atoms with Crippen molar-refractivity contribution in [3.05, 3.63) is 59.8 Å². The van der Waals surface area contributed by atoms with Crippen LogP contribution in [0.15, 0.2) is 48.7 Å². The van der Waals surface area contributed by atoms with Gasteiger partial charge in [0.2, 0.25) is 5.91 Å². The van der Waals surface area contributed by atoms with Crippen LogP contribution in [-0.4, -0.2) is 34.9 Å². The third-order valence-electron chi connectivity index (χ3n) is 4.64. The summed E-state index contributed by atoms with van der Waals surface area (Å²) in [7, 11) is 0. The Bertz CT molecular complexity index is 686. The third-order valence-corrected chi connectivity index (χ3v) is 4.64. The van der Waals surface area contributed by atoms with E-state index in [2.05, 4.69) is 41.1 Å². The number of pyridine rings is 1. The van der Waals surface area contributed by atoms with Gasteiger partial charge in [-0.2, -0.15) is 0 Å². The second-order valence-corrected chi connectivity index (χ2v) is 6.41. The number of nitrogens with zero attached hydrogens (tertiary/aromatic N) is 3. The Balaban J connectivity index is 1.72. The van der Waals surface area contributed by atoms with E-state index in [1.165, 1.54) is 11.1 Å². The van der Waals surface area contributed by atoms with E-state index in [0.29, 0.717) is 6.42 Å². The minimum absolute atomic E-state index is 0.0950. The summed E-state index contributed by atoms with van der Waals surface area (Å²) in [5.41, 5.74) is 2.86. The molecule has 0 saturated heterocycles. The van der Waals surface area contributed by atoms with E-state index >= 15 is 0 Å². The van der Waals surface area contributed by atoms with Crippen LogP contribution in [-0.2, 0) is 17.8 Å². The lowest BCUT2D eigenvalue weighted by atomic mass is 9.99. The maximum absolute atomic E-state index is 12.5. The maximum atomic E-state index is 12.5. The van der Waals surface area contributed by atoms with Crippen molar-refractivity contribution in [3.63, 3.8) is 0 Å². The molecule has 2 aromatic rings. The molecule has 1 aromatic heterocycles. The molecule has 0 N–H and O–H groups in total. The summed E-state index contributed by atoms with van der Waals surface area (Å²) >= 11 is 0. The van der Waals surface area contributed by atoms with Gasteiger partial charge in [-0.05, 0) is 36.6 Å². The second kappa shape index (κ2) is 7.58. The summed E-state index contributed by atoms with van der Waals surface area (Å²) in [5, 5.41) is 0. The quantitative estimate of drug-likeness (QED) is 0.847. The first-order valence-corrected chi connectivity index (χ1v) is 8.71. The molecule has 1 aliphatic heterocycles. The minimum atomic E-state index is 0.0950. The lowest BCUT2D eigenvalue weighted by Gasteiger charge is -2.35. The van der Waals surface area contributed by atoms with Gasteiger partial charge in [0.05, 0.1) is 0 Å². The number of amides is 1. The molecule has 0 aliphatic carbocycles. The minimum Gasteiger partial charge on any atom is -0.297 e. The number of rotatable bonds is 5. The molecule has 1 aliphatic rings. The van der Waals surface area contributed by atoms with E-state index < -0.39 is 0 Å². The smallest absolute Gasteiger partial charge is 0.228 e.